The average molecular weight is 991 g/mol. The summed E-state index contributed by atoms with van der Waals surface area (Å²) in [6.07, 6.45) is 12.9. The number of nitrogens with zero attached hydrogens (tertiary/aromatic N) is 6. The first kappa shape index (κ1) is 48.7. The molecule has 0 radical (unpaired) electrons. The number of benzene rings is 4. The van der Waals surface area contributed by atoms with E-state index in [1.807, 2.05) is 115 Å². The van der Waals surface area contributed by atoms with Crippen molar-refractivity contribution < 1.29 is 16.8 Å². The Hall–Kier alpha value is -8.28. The second kappa shape index (κ2) is 21.0. The number of nitrogens with one attached hydrogen (secondary N) is 3. The third-order valence-electron chi connectivity index (χ3n) is 11.5. The van der Waals surface area contributed by atoms with Gasteiger partial charge in [-0.2, -0.15) is 0 Å². The van der Waals surface area contributed by atoms with Crippen molar-refractivity contribution in [2.24, 2.45) is 5.14 Å². The maximum absolute atomic E-state index is 13.0. The molecule has 0 spiro atoms. The van der Waals surface area contributed by atoms with E-state index in [0.717, 1.165) is 72.1 Å². The monoisotopic (exact) mass is 990 g/mol. The Bertz CT molecular complexity index is 3750. The largest absolute Gasteiger partial charge is 0.364 e. The Morgan fingerprint density at radius 2 is 0.903 bits per heavy atom. The summed E-state index contributed by atoms with van der Waals surface area (Å²) in [4.78, 5) is 26.8. The summed E-state index contributed by atoms with van der Waals surface area (Å²) in [6.45, 7) is 6.44. The van der Waals surface area contributed by atoms with Gasteiger partial charge in [-0.1, -0.05) is 109 Å². The van der Waals surface area contributed by atoms with Crippen LogP contribution in [0.4, 0.5) is 11.6 Å². The summed E-state index contributed by atoms with van der Waals surface area (Å²) in [6, 6.07) is 47.1. The van der Waals surface area contributed by atoms with Crippen LogP contribution in [-0.2, 0) is 33.1 Å². The molecule has 0 amide bonds. The first-order valence-electron chi connectivity index (χ1n) is 22.9. The summed E-state index contributed by atoms with van der Waals surface area (Å²) in [5, 5.41) is 15.9. The standard InChI is InChI=1S/C30H29N5O2S.C26H21N5O2S/c1-30(2,3)35-38(36,37)24-16-22(17-31-19-24)27-20-34-29(33-18-23-12-7-8-15-32-23)28-25(13-9-14-26(27)28)21-10-5-4-6-11-21;27-34(32,33)21-13-19(14-28-16-21)24-17-31-26(30-15-20-9-4-5-12-29-20)25-22(10-6-11-23(24)25)18-7-2-1-3-8-18/h4-17,19-20,35H,18H2,1-3H3,(H,33,34);1-14,16-17H,15H2,(H,30,31)(H2,27,32,33). The molecule has 0 saturated heterocycles. The number of fused-ring (bicyclic) bond motifs is 2. The van der Waals surface area contributed by atoms with Crippen LogP contribution in [0.3, 0.4) is 0 Å². The summed E-state index contributed by atoms with van der Waals surface area (Å²) in [5.41, 5.74) is 8.14. The van der Waals surface area contributed by atoms with Gasteiger partial charge in [0.05, 0.1) is 24.5 Å². The minimum absolute atomic E-state index is 0.0466. The van der Waals surface area contributed by atoms with Gasteiger partial charge in [-0.15, -0.1) is 0 Å². The molecule has 14 nitrogen and oxygen atoms in total. The molecule has 5 N–H and O–H groups in total. The molecule has 0 atom stereocenters. The molecule has 10 aromatic rings. The van der Waals surface area contributed by atoms with E-state index in [4.69, 9.17) is 15.1 Å². The molecule has 0 aliphatic rings. The predicted molar refractivity (Wildman–Crippen MR) is 285 cm³/mol. The Kier molecular flexibility index (Phi) is 14.2. The van der Waals surface area contributed by atoms with Crippen LogP contribution in [0.25, 0.3) is 66.1 Å². The van der Waals surface area contributed by atoms with Crippen LogP contribution in [0.1, 0.15) is 32.2 Å². The van der Waals surface area contributed by atoms with Gasteiger partial charge in [0.1, 0.15) is 21.4 Å². The molecule has 4 aromatic carbocycles. The number of pyridine rings is 6. The highest BCUT2D eigenvalue weighted by Crippen LogP contribution is 2.40. The Morgan fingerprint density at radius 3 is 1.33 bits per heavy atom. The summed E-state index contributed by atoms with van der Waals surface area (Å²) in [7, 11) is -7.64. The number of primary sulfonamides is 1. The van der Waals surface area contributed by atoms with Crippen LogP contribution in [0, 0.1) is 0 Å². The first-order chi connectivity index (χ1) is 34.7. The first-order valence-corrected chi connectivity index (χ1v) is 25.9. The number of nitrogens with two attached hydrogens (primary N) is 1. The topological polar surface area (TPSA) is 208 Å². The van der Waals surface area contributed by atoms with Crippen LogP contribution in [0.15, 0.2) is 205 Å². The number of aromatic nitrogens is 6. The zero-order valence-electron chi connectivity index (χ0n) is 39.6. The molecule has 16 heteroatoms. The maximum atomic E-state index is 13.0. The lowest BCUT2D eigenvalue weighted by Gasteiger charge is -2.20. The fraction of sp³-hybridized carbons (Fsp3) is 0.107. The lowest BCUT2D eigenvalue weighted by molar-refractivity contribution is 0.491. The van der Waals surface area contributed by atoms with E-state index in [9.17, 15) is 16.8 Å². The third kappa shape index (κ3) is 11.3. The number of hydrogen-bond donors (Lipinski definition) is 4. The molecule has 0 fully saturated rings. The van der Waals surface area contributed by atoms with Gasteiger partial charge in [-0.25, -0.2) is 36.7 Å². The zero-order valence-corrected chi connectivity index (χ0v) is 41.2. The third-order valence-corrected chi connectivity index (χ3v) is 14.1. The van der Waals surface area contributed by atoms with Gasteiger partial charge in [0.2, 0.25) is 20.0 Å². The molecule has 0 aliphatic heterocycles. The van der Waals surface area contributed by atoms with Gasteiger partial charge in [0, 0.05) is 88.1 Å². The average Bonchev–Trinajstić information content (AvgIpc) is 3.39. The fourth-order valence-electron chi connectivity index (χ4n) is 8.29. The number of rotatable bonds is 13. The van der Waals surface area contributed by atoms with Crippen LogP contribution in [-0.4, -0.2) is 52.3 Å². The Balaban J connectivity index is 0.000000179. The highest BCUT2D eigenvalue weighted by atomic mass is 32.2. The van der Waals surface area contributed by atoms with Crippen LogP contribution < -0.4 is 20.5 Å². The van der Waals surface area contributed by atoms with Crippen molar-refractivity contribution >= 4 is 53.2 Å². The lowest BCUT2D eigenvalue weighted by atomic mass is 9.94. The number of hydrogen-bond acceptors (Lipinski definition) is 12. The van der Waals surface area contributed by atoms with Gasteiger partial charge in [-0.05, 0) is 90.2 Å². The molecule has 72 heavy (non-hydrogen) atoms. The van der Waals surface area contributed by atoms with E-state index < -0.39 is 25.6 Å². The van der Waals surface area contributed by atoms with Gasteiger partial charge in [-0.3, -0.25) is 19.9 Å². The summed E-state index contributed by atoms with van der Waals surface area (Å²) in [5.74, 6) is 1.43. The quantitative estimate of drug-likeness (QED) is 0.0851. The van der Waals surface area contributed by atoms with Crippen LogP contribution in [0.5, 0.6) is 0 Å². The molecule has 6 aromatic heterocycles. The molecule has 0 unspecified atom stereocenters. The lowest BCUT2D eigenvalue weighted by Crippen LogP contribution is -2.40. The summed E-state index contributed by atoms with van der Waals surface area (Å²) < 4.78 is 52.5. The molecule has 10 rings (SSSR count). The van der Waals surface area contributed by atoms with Crippen molar-refractivity contribution in [3.05, 3.63) is 207 Å². The number of anilines is 2. The fourth-order valence-corrected chi connectivity index (χ4v) is 10.2. The van der Waals surface area contributed by atoms with E-state index in [1.165, 1.54) is 18.5 Å². The van der Waals surface area contributed by atoms with Crippen molar-refractivity contribution in [1.29, 1.82) is 0 Å². The number of sulfonamides is 2. The minimum atomic E-state index is -3.89. The molecule has 0 saturated carbocycles. The molecule has 0 bridgehead atoms. The molecule has 6 heterocycles. The predicted octanol–water partition coefficient (Wildman–Crippen LogP) is 10.7. The van der Waals surface area contributed by atoms with E-state index in [-0.39, 0.29) is 9.79 Å². The van der Waals surface area contributed by atoms with Gasteiger partial charge >= 0.3 is 0 Å². The van der Waals surface area contributed by atoms with Crippen molar-refractivity contribution in [1.82, 2.24) is 34.6 Å². The normalized spacial score (nSPS) is 11.7. The molecule has 360 valence electrons. The van der Waals surface area contributed by atoms with E-state index in [0.29, 0.717) is 30.0 Å². The molecule has 0 aliphatic carbocycles. The molecular weight excluding hydrogens is 941 g/mol. The maximum Gasteiger partial charge on any atom is 0.242 e. The second-order valence-electron chi connectivity index (χ2n) is 17.8. The Morgan fingerprint density at radius 1 is 0.458 bits per heavy atom. The SMILES string of the molecule is CC(C)(C)NS(=O)(=O)c1cncc(-c2cnc(NCc3ccccn3)c3c(-c4ccccc4)cccc23)c1.NS(=O)(=O)c1cncc(-c2cnc(NCc3ccccn3)c3c(-c4ccccc4)cccc23)c1. The van der Waals surface area contributed by atoms with E-state index >= 15 is 0 Å². The Labute approximate surface area is 418 Å². The van der Waals surface area contributed by atoms with Gasteiger partial charge in [0.15, 0.2) is 0 Å². The van der Waals surface area contributed by atoms with Gasteiger partial charge in [0.25, 0.3) is 0 Å². The summed E-state index contributed by atoms with van der Waals surface area (Å²) >= 11 is 0. The van der Waals surface area contributed by atoms with Crippen LogP contribution in [0.2, 0.25) is 0 Å². The highest BCUT2D eigenvalue weighted by Gasteiger charge is 2.24. The minimum Gasteiger partial charge on any atom is -0.364 e. The zero-order chi connectivity index (χ0) is 50.3. The van der Waals surface area contributed by atoms with Crippen molar-refractivity contribution in [2.45, 2.75) is 49.2 Å². The van der Waals surface area contributed by atoms with Crippen molar-refractivity contribution in [3.63, 3.8) is 0 Å². The van der Waals surface area contributed by atoms with Crippen molar-refractivity contribution in [2.75, 3.05) is 10.6 Å². The van der Waals surface area contributed by atoms with E-state index in [2.05, 4.69) is 53.5 Å². The van der Waals surface area contributed by atoms with E-state index in [1.54, 1.807) is 64.0 Å². The second-order valence-corrected chi connectivity index (χ2v) is 21.0. The van der Waals surface area contributed by atoms with Gasteiger partial charge < -0.3 is 10.6 Å². The molecular formula is C56H50N10O4S2. The highest BCUT2D eigenvalue weighted by molar-refractivity contribution is 7.89. The smallest absolute Gasteiger partial charge is 0.242 e. The van der Waals surface area contributed by atoms with Crippen molar-refractivity contribution in [3.8, 4) is 44.5 Å². The van der Waals surface area contributed by atoms with Crippen LogP contribution >= 0.6 is 0 Å².